The summed E-state index contributed by atoms with van der Waals surface area (Å²) in [5, 5.41) is 0. The van der Waals surface area contributed by atoms with Crippen LogP contribution in [0.25, 0.3) is 0 Å². The molecule has 0 aliphatic rings. The van der Waals surface area contributed by atoms with Crippen molar-refractivity contribution in [1.29, 1.82) is 0 Å². The van der Waals surface area contributed by atoms with Crippen LogP contribution in [0.15, 0.2) is 0 Å². The fraction of sp³-hybridized carbons (Fsp3) is 1.00. The van der Waals surface area contributed by atoms with Gasteiger partial charge in [0.25, 0.3) is 0 Å². The Hall–Kier alpha value is -0.0800. The van der Waals surface area contributed by atoms with E-state index < -0.39 is 0 Å². The summed E-state index contributed by atoms with van der Waals surface area (Å²) in [7, 11) is 1.69. The Bertz CT molecular complexity index is 64.3. The normalized spacial score (nSPS) is 13.5. The minimum absolute atomic E-state index is 0.0185. The SMILES string of the molecule is CCCCC(OC)OCC. The number of hydrogen-bond donors (Lipinski definition) is 0. The Morgan fingerprint density at radius 3 is 2.40 bits per heavy atom. The molecule has 0 spiro atoms. The number of unbranched alkanes of at least 4 members (excludes halogenated alkanes) is 1. The quantitative estimate of drug-likeness (QED) is 0.535. The van der Waals surface area contributed by atoms with E-state index in [-0.39, 0.29) is 6.29 Å². The van der Waals surface area contributed by atoms with Crippen LogP contribution in [0.3, 0.4) is 0 Å². The largest absolute Gasteiger partial charge is 0.356 e. The first-order valence-corrected chi connectivity index (χ1v) is 3.99. The minimum atomic E-state index is 0.0185. The number of ether oxygens (including phenoxy) is 2. The Morgan fingerprint density at radius 1 is 1.30 bits per heavy atom. The molecule has 0 rings (SSSR count). The van der Waals surface area contributed by atoms with Crippen LogP contribution in [0.2, 0.25) is 0 Å². The molecule has 0 saturated heterocycles. The molecule has 0 amide bonds. The van der Waals surface area contributed by atoms with Gasteiger partial charge in [-0.3, -0.25) is 0 Å². The zero-order valence-corrected chi connectivity index (χ0v) is 7.22. The Morgan fingerprint density at radius 2 is 2.00 bits per heavy atom. The maximum atomic E-state index is 5.27. The molecule has 2 heteroatoms. The van der Waals surface area contributed by atoms with Crippen molar-refractivity contribution < 1.29 is 9.47 Å². The van der Waals surface area contributed by atoms with Crippen molar-refractivity contribution >= 4 is 0 Å². The summed E-state index contributed by atoms with van der Waals surface area (Å²) in [5.41, 5.74) is 0. The van der Waals surface area contributed by atoms with E-state index in [9.17, 15) is 0 Å². The van der Waals surface area contributed by atoms with Crippen molar-refractivity contribution in [3.05, 3.63) is 0 Å². The molecular formula is C8H18O2. The highest BCUT2D eigenvalue weighted by molar-refractivity contribution is 4.43. The van der Waals surface area contributed by atoms with Gasteiger partial charge in [0.15, 0.2) is 6.29 Å². The summed E-state index contributed by atoms with van der Waals surface area (Å²) in [5.74, 6) is 0. The minimum Gasteiger partial charge on any atom is -0.356 e. The second-order valence-corrected chi connectivity index (χ2v) is 2.26. The van der Waals surface area contributed by atoms with Crippen LogP contribution < -0.4 is 0 Å². The van der Waals surface area contributed by atoms with Crippen molar-refractivity contribution in [1.82, 2.24) is 0 Å². The molecule has 0 radical (unpaired) electrons. The van der Waals surface area contributed by atoms with E-state index in [1.807, 2.05) is 6.92 Å². The lowest BCUT2D eigenvalue weighted by Gasteiger charge is -2.13. The molecule has 0 N–H and O–H groups in total. The van der Waals surface area contributed by atoms with Gasteiger partial charge in [0.2, 0.25) is 0 Å². The van der Waals surface area contributed by atoms with E-state index in [0.717, 1.165) is 13.0 Å². The van der Waals surface area contributed by atoms with Gasteiger partial charge in [-0.2, -0.15) is 0 Å². The zero-order chi connectivity index (χ0) is 7.82. The summed E-state index contributed by atoms with van der Waals surface area (Å²) in [6.45, 7) is 4.89. The van der Waals surface area contributed by atoms with Crippen LogP contribution in [0.5, 0.6) is 0 Å². The lowest BCUT2D eigenvalue weighted by atomic mass is 10.2. The lowest BCUT2D eigenvalue weighted by molar-refractivity contribution is -0.124. The predicted molar refractivity (Wildman–Crippen MR) is 41.9 cm³/mol. The van der Waals surface area contributed by atoms with Crippen molar-refractivity contribution in [2.75, 3.05) is 13.7 Å². The van der Waals surface area contributed by atoms with Crippen LogP contribution in [-0.4, -0.2) is 20.0 Å². The second-order valence-electron chi connectivity index (χ2n) is 2.26. The number of methoxy groups -OCH3 is 1. The highest BCUT2D eigenvalue weighted by Crippen LogP contribution is 2.04. The standard InChI is InChI=1S/C8H18O2/c1-4-6-7-8(9-3)10-5-2/h8H,4-7H2,1-3H3. The molecule has 0 saturated carbocycles. The molecule has 10 heavy (non-hydrogen) atoms. The van der Waals surface area contributed by atoms with Gasteiger partial charge in [-0.1, -0.05) is 13.3 Å². The topological polar surface area (TPSA) is 18.5 Å². The molecule has 0 aliphatic carbocycles. The van der Waals surface area contributed by atoms with Crippen LogP contribution in [0, 0.1) is 0 Å². The molecule has 0 aromatic carbocycles. The first-order chi connectivity index (χ1) is 4.85. The van der Waals surface area contributed by atoms with E-state index in [1.54, 1.807) is 7.11 Å². The van der Waals surface area contributed by atoms with Crippen molar-refractivity contribution in [3.63, 3.8) is 0 Å². The van der Waals surface area contributed by atoms with E-state index >= 15 is 0 Å². The van der Waals surface area contributed by atoms with Crippen LogP contribution >= 0.6 is 0 Å². The smallest absolute Gasteiger partial charge is 0.157 e. The van der Waals surface area contributed by atoms with Gasteiger partial charge in [-0.05, 0) is 19.8 Å². The van der Waals surface area contributed by atoms with Crippen molar-refractivity contribution in [2.24, 2.45) is 0 Å². The average molecular weight is 146 g/mol. The first-order valence-electron chi connectivity index (χ1n) is 3.99. The third-order valence-corrected chi connectivity index (χ3v) is 1.41. The van der Waals surface area contributed by atoms with E-state index in [0.29, 0.717) is 0 Å². The lowest BCUT2D eigenvalue weighted by Crippen LogP contribution is -2.14. The molecule has 2 nitrogen and oxygen atoms in total. The van der Waals surface area contributed by atoms with Crippen molar-refractivity contribution in [3.8, 4) is 0 Å². The number of rotatable bonds is 6. The zero-order valence-electron chi connectivity index (χ0n) is 7.22. The van der Waals surface area contributed by atoms with Gasteiger partial charge in [0, 0.05) is 13.7 Å². The van der Waals surface area contributed by atoms with Crippen molar-refractivity contribution in [2.45, 2.75) is 39.4 Å². The van der Waals surface area contributed by atoms with Gasteiger partial charge >= 0.3 is 0 Å². The van der Waals surface area contributed by atoms with Crippen LogP contribution in [0.4, 0.5) is 0 Å². The van der Waals surface area contributed by atoms with Gasteiger partial charge in [-0.25, -0.2) is 0 Å². The molecule has 0 bridgehead atoms. The van der Waals surface area contributed by atoms with Crippen LogP contribution in [0.1, 0.15) is 33.1 Å². The highest BCUT2D eigenvalue weighted by atomic mass is 16.7. The molecule has 0 heterocycles. The fourth-order valence-corrected chi connectivity index (χ4v) is 0.826. The third-order valence-electron chi connectivity index (χ3n) is 1.41. The first kappa shape index (κ1) is 9.92. The Balaban J connectivity index is 3.21. The van der Waals surface area contributed by atoms with Gasteiger partial charge < -0.3 is 9.47 Å². The molecule has 62 valence electrons. The summed E-state index contributed by atoms with van der Waals surface area (Å²) in [4.78, 5) is 0. The summed E-state index contributed by atoms with van der Waals surface area (Å²) in [6, 6.07) is 0. The highest BCUT2D eigenvalue weighted by Gasteiger charge is 2.03. The van der Waals surface area contributed by atoms with Gasteiger partial charge in [0.1, 0.15) is 0 Å². The maximum Gasteiger partial charge on any atom is 0.157 e. The van der Waals surface area contributed by atoms with Crippen LogP contribution in [-0.2, 0) is 9.47 Å². The van der Waals surface area contributed by atoms with E-state index in [4.69, 9.17) is 9.47 Å². The monoisotopic (exact) mass is 146 g/mol. The molecule has 1 unspecified atom stereocenters. The summed E-state index contributed by atoms with van der Waals surface area (Å²) in [6.07, 6.45) is 3.41. The molecule has 0 fully saturated rings. The third kappa shape index (κ3) is 4.77. The average Bonchev–Trinajstić information content (AvgIpc) is 1.98. The van der Waals surface area contributed by atoms with E-state index in [1.165, 1.54) is 12.8 Å². The molecule has 0 aromatic heterocycles. The van der Waals surface area contributed by atoms with Gasteiger partial charge in [0.05, 0.1) is 0 Å². The Kier molecular flexibility index (Phi) is 6.98. The fourth-order valence-electron chi connectivity index (χ4n) is 0.826. The maximum absolute atomic E-state index is 5.27. The number of hydrogen-bond acceptors (Lipinski definition) is 2. The molecule has 1 atom stereocenters. The summed E-state index contributed by atoms with van der Waals surface area (Å²) >= 11 is 0. The van der Waals surface area contributed by atoms with Gasteiger partial charge in [-0.15, -0.1) is 0 Å². The second kappa shape index (κ2) is 7.03. The predicted octanol–water partition coefficient (Wildman–Crippen LogP) is 2.19. The molecule has 0 aromatic rings. The Labute approximate surface area is 63.5 Å². The summed E-state index contributed by atoms with van der Waals surface area (Å²) < 4.78 is 10.3. The van der Waals surface area contributed by atoms with E-state index in [2.05, 4.69) is 6.92 Å². The molecular weight excluding hydrogens is 128 g/mol. The molecule has 0 aliphatic heterocycles.